The van der Waals surface area contributed by atoms with Crippen LogP contribution >= 0.6 is 47.8 Å². The number of carbonyl (C=O) groups excluding carboxylic acids is 11. The highest BCUT2D eigenvalue weighted by Crippen LogP contribution is 2.25. The first-order valence-corrected chi connectivity index (χ1v) is 33.5. The van der Waals surface area contributed by atoms with Crippen molar-refractivity contribution in [3.8, 4) is 0 Å². The minimum Gasteiger partial charge on any atom is -0.481 e. The first-order valence-electron chi connectivity index (χ1n) is 30.4. The minimum atomic E-state index is -1.84. The van der Waals surface area contributed by atoms with Crippen molar-refractivity contribution in [2.75, 3.05) is 109 Å². The molecule has 11 amide bonds. The highest BCUT2D eigenvalue weighted by atomic mass is 35.5. The van der Waals surface area contributed by atoms with Gasteiger partial charge in [0.1, 0.15) is 61.4 Å². The molecule has 3 unspecified atom stereocenters. The summed E-state index contributed by atoms with van der Waals surface area (Å²) in [6.07, 6.45) is 0.136. The van der Waals surface area contributed by atoms with Crippen LogP contribution in [-0.2, 0) is 82.9 Å². The van der Waals surface area contributed by atoms with E-state index in [0.717, 1.165) is 0 Å². The van der Waals surface area contributed by atoms with Gasteiger partial charge in [-0.1, -0.05) is 71.9 Å². The number of halogens is 1. The normalized spacial score (nSPS) is 13.5. The zero-order valence-corrected chi connectivity index (χ0v) is 57.6. The van der Waals surface area contributed by atoms with Crippen LogP contribution in [0.2, 0.25) is 0 Å². The molecule has 0 radical (unpaired) electrons. The summed E-state index contributed by atoms with van der Waals surface area (Å²) in [6, 6.07) is -0.981. The van der Waals surface area contributed by atoms with E-state index in [1.54, 1.807) is 30.3 Å². The van der Waals surface area contributed by atoms with Gasteiger partial charge in [0.15, 0.2) is 5.96 Å². The zero-order valence-electron chi connectivity index (χ0n) is 54.3. The van der Waals surface area contributed by atoms with Crippen molar-refractivity contribution in [2.45, 2.75) is 138 Å². The van der Waals surface area contributed by atoms with Crippen LogP contribution in [-0.4, -0.2) is 243 Å². The molecular weight excluding hydrogens is 1310 g/mol. The number of thioether (sulfide) groups is 2. The van der Waals surface area contributed by atoms with Gasteiger partial charge in [0.05, 0.1) is 52.6 Å². The zero-order chi connectivity index (χ0) is 70.7. The largest absolute Gasteiger partial charge is 0.481 e. The first-order chi connectivity index (χ1) is 44.4. The van der Waals surface area contributed by atoms with Gasteiger partial charge in [0, 0.05) is 52.8 Å². The molecule has 0 spiro atoms. The molecule has 0 aliphatic heterocycles. The Morgan fingerprint density at radius 2 is 1.01 bits per heavy atom. The number of aliphatic imine (C=N–C) groups is 1. The van der Waals surface area contributed by atoms with E-state index in [-0.39, 0.29) is 121 Å². The number of thiol groups is 1. The molecular formula is C58H98ClN15O17S3. The van der Waals surface area contributed by atoms with E-state index in [2.05, 4.69) is 70.8 Å². The molecule has 0 bridgehead atoms. The van der Waals surface area contributed by atoms with Crippen molar-refractivity contribution in [3.63, 3.8) is 0 Å². The van der Waals surface area contributed by atoms with Crippen molar-refractivity contribution in [2.24, 2.45) is 27.9 Å². The molecule has 0 fully saturated rings. The van der Waals surface area contributed by atoms with E-state index >= 15 is 0 Å². The lowest BCUT2D eigenvalue weighted by Crippen LogP contribution is -2.60. The number of guanidine groups is 1. The van der Waals surface area contributed by atoms with Crippen LogP contribution in [0.4, 0.5) is 0 Å². The Bertz CT molecular complexity index is 2590. The summed E-state index contributed by atoms with van der Waals surface area (Å²) in [4.78, 5) is 162. The number of primary amides is 1. The quantitative estimate of drug-likeness (QED) is 0.00986. The number of carbonyl (C=O) groups is 12. The van der Waals surface area contributed by atoms with E-state index in [4.69, 9.17) is 53.5 Å². The van der Waals surface area contributed by atoms with Gasteiger partial charge in [-0.05, 0) is 44.2 Å². The number of hydrogen-bond donors (Lipinski definition) is 16. The second-order valence-electron chi connectivity index (χ2n) is 22.9. The molecule has 32 nitrogen and oxygen atoms in total. The highest BCUT2D eigenvalue weighted by molar-refractivity contribution is 8.00. The number of nitrogens with two attached hydrogens (primary N) is 4. The van der Waals surface area contributed by atoms with Crippen molar-refractivity contribution in [1.82, 2.24) is 53.2 Å². The van der Waals surface area contributed by atoms with Gasteiger partial charge in [0.2, 0.25) is 65.0 Å². The van der Waals surface area contributed by atoms with E-state index in [0.29, 0.717) is 24.9 Å². The van der Waals surface area contributed by atoms with E-state index in [1.807, 2.05) is 41.5 Å². The summed E-state index contributed by atoms with van der Waals surface area (Å²) in [5.41, 5.74) is 22.2. The average Bonchev–Trinajstić information content (AvgIpc) is 0.973. The minimum absolute atomic E-state index is 0.0178. The molecule has 0 heterocycles. The van der Waals surface area contributed by atoms with Gasteiger partial charge in [-0.3, -0.25) is 62.5 Å². The molecule has 1 aromatic rings. The Balaban J connectivity index is 3.22. The first kappa shape index (κ1) is 85.3. The molecule has 7 atom stereocenters. The van der Waals surface area contributed by atoms with Crippen LogP contribution in [0.25, 0.3) is 0 Å². The molecule has 1 rings (SSSR count). The monoisotopic (exact) mass is 1410 g/mol. The predicted molar refractivity (Wildman–Crippen MR) is 359 cm³/mol. The number of benzene rings is 1. The number of alkyl halides is 1. The van der Waals surface area contributed by atoms with Gasteiger partial charge in [-0.15, -0.1) is 11.6 Å². The Kier molecular flexibility index (Phi) is 43.6. The van der Waals surface area contributed by atoms with Gasteiger partial charge in [-0.25, -0.2) is 0 Å². The van der Waals surface area contributed by atoms with Crippen molar-refractivity contribution in [3.05, 3.63) is 35.9 Å². The molecule has 19 N–H and O–H groups in total. The number of aliphatic carboxylic acids is 1. The number of unbranched alkanes of at least 4 members (excludes halogenated alkanes) is 1. The topological polar surface area (TPSA) is 499 Å². The number of ether oxygens (including phenoxy) is 4. The fraction of sp³-hybridized carbons (Fsp3) is 0.672. The Morgan fingerprint density at radius 3 is 1.53 bits per heavy atom. The maximum absolute atomic E-state index is 14.4. The van der Waals surface area contributed by atoms with Crippen LogP contribution in [0.5, 0.6) is 0 Å². The number of carboxylic acids is 1. The fourth-order valence-electron chi connectivity index (χ4n) is 7.80. The Morgan fingerprint density at radius 1 is 0.543 bits per heavy atom. The van der Waals surface area contributed by atoms with Gasteiger partial charge in [-0.2, -0.15) is 36.2 Å². The second-order valence-corrected chi connectivity index (χ2v) is 27.2. The molecule has 532 valence electrons. The van der Waals surface area contributed by atoms with Crippen LogP contribution in [0.15, 0.2) is 35.3 Å². The smallest absolute Gasteiger partial charge is 0.305 e. The van der Waals surface area contributed by atoms with Crippen LogP contribution < -0.4 is 76.1 Å². The molecule has 94 heavy (non-hydrogen) atoms. The van der Waals surface area contributed by atoms with Crippen molar-refractivity contribution >= 4 is 125 Å². The van der Waals surface area contributed by atoms with Gasteiger partial charge >= 0.3 is 5.97 Å². The number of carboxylic acid groups (broad SMARTS) is 1. The van der Waals surface area contributed by atoms with Crippen LogP contribution in [0, 0.1) is 0 Å². The fourth-order valence-corrected chi connectivity index (χ4v) is 9.94. The maximum atomic E-state index is 14.4. The summed E-state index contributed by atoms with van der Waals surface area (Å²) in [6.45, 7) is 11.4. The number of amides is 11. The molecule has 0 saturated heterocycles. The summed E-state index contributed by atoms with van der Waals surface area (Å²) < 4.78 is 20.3. The summed E-state index contributed by atoms with van der Waals surface area (Å²) in [7, 11) is 0. The summed E-state index contributed by atoms with van der Waals surface area (Å²) >= 11 is 12.6. The van der Waals surface area contributed by atoms with Crippen molar-refractivity contribution in [1.29, 1.82) is 0 Å². The standard InChI is InChI=1S/C58H98ClN15O17S3/c1-57(2,3)93-34-42(73-51(83)38(15-10-11-17-60)68-45(76)29-59)54(86)70-37(16-12-18-66-56(62)63)49(81)67-30-46(77)69-40(28-48(79)80)53(85)74-43(35-94-58(4,5)6)55(87)71-39(27-36-13-8-7-9-14-36)52(84)72-41(33-92)50(82)65-20-22-89-24-26-90-25-23-88-21-19-64-47(78)32-91-31-44(61)75/h7-9,13-14,37-43,92H,10-12,15-35,60H2,1-6H3,(H2,61,75)(H,64,78)(H,65,82)(H,67,81)(H,68,76)(H,69,77)(H,70,86)(H,71,87)(H,72,84)(H,73,83)(H,74,85)(H,79,80)(H4,62,63,66)/t37-,38-,39-,40-,41?,42?,43?/m0/s1. The average molecular weight is 1410 g/mol. The molecule has 0 saturated carbocycles. The third-order valence-electron chi connectivity index (χ3n) is 12.5. The number of rotatable bonds is 50. The van der Waals surface area contributed by atoms with E-state index in [1.165, 1.54) is 23.5 Å². The van der Waals surface area contributed by atoms with Crippen LogP contribution in [0.1, 0.15) is 85.6 Å². The SMILES string of the molecule is CC(C)(C)SCC(NC(=O)[C@H](CCCCN)NC(=O)CCl)C(=O)N[C@@H](CCCN=C(N)N)C(=O)NCC(=O)N[C@@H](CC(=O)O)C(=O)NC(CSC(C)(C)C)C(=O)N[C@@H](Cc1ccccc1)C(=O)NC(CS)C(=O)NCCOCCOCCOCCNC(=O)COCC(N)=O. The molecule has 0 aliphatic carbocycles. The number of nitrogens with zero attached hydrogens (tertiary/aromatic N) is 1. The number of hydrogen-bond acceptors (Lipinski definition) is 21. The summed E-state index contributed by atoms with van der Waals surface area (Å²) in [5, 5.41) is 35.6. The third kappa shape index (κ3) is 41.9. The van der Waals surface area contributed by atoms with Crippen molar-refractivity contribution < 1.29 is 81.6 Å². The second kappa shape index (κ2) is 48.0. The van der Waals surface area contributed by atoms with Gasteiger partial charge in [0.25, 0.3) is 0 Å². The highest BCUT2D eigenvalue weighted by Gasteiger charge is 2.35. The molecule has 0 aliphatic rings. The molecule has 0 aromatic heterocycles. The summed E-state index contributed by atoms with van der Waals surface area (Å²) in [5.74, 6) is -11.0. The third-order valence-corrected chi connectivity index (χ3v) is 15.8. The number of nitrogens with one attached hydrogen (secondary N) is 10. The Hall–Kier alpha value is -6.73. The molecule has 1 aromatic carbocycles. The lowest BCUT2D eigenvalue weighted by Gasteiger charge is -2.28. The maximum Gasteiger partial charge on any atom is 0.305 e. The van der Waals surface area contributed by atoms with Crippen LogP contribution in [0.3, 0.4) is 0 Å². The lowest BCUT2D eigenvalue weighted by atomic mass is 10.0. The predicted octanol–water partition coefficient (Wildman–Crippen LogP) is -3.59. The van der Waals surface area contributed by atoms with Gasteiger partial charge < -0.3 is 100 Å². The Labute approximate surface area is 567 Å². The van der Waals surface area contributed by atoms with E-state index < -0.39 is 142 Å². The lowest BCUT2D eigenvalue weighted by molar-refractivity contribution is -0.141. The molecule has 36 heteroatoms. The van der Waals surface area contributed by atoms with E-state index in [9.17, 15) is 62.6 Å².